The van der Waals surface area contributed by atoms with Crippen LogP contribution in [0.5, 0.6) is 0 Å². The molecule has 0 fully saturated rings. The Labute approximate surface area is 441 Å². The Balaban J connectivity index is 2.03. The Morgan fingerprint density at radius 1 is 0.467 bits per heavy atom. The van der Waals surface area contributed by atoms with Crippen molar-refractivity contribution in [3.63, 3.8) is 0 Å². The van der Waals surface area contributed by atoms with Crippen LogP contribution in [0.15, 0.2) is 84.9 Å². The molecule has 3 rings (SSSR count). The number of carbonyl (C=O) groups excluding carboxylic acids is 9. The third-order valence-electron chi connectivity index (χ3n) is 10.9. The number of hydrogen-bond donors (Lipinski definition) is 5. The molecule has 0 unspecified atom stereocenters. The fraction of sp³-hybridized carbons (Fsp3) is 0.526. The molecule has 5 atom stereocenters. The van der Waals surface area contributed by atoms with E-state index in [4.69, 9.17) is 18.9 Å². The summed E-state index contributed by atoms with van der Waals surface area (Å²) in [6.45, 7) is 20.4. The van der Waals surface area contributed by atoms with Gasteiger partial charge in [-0.05, 0) is 110 Å². The maximum Gasteiger partial charge on any atom is 0.328 e. The van der Waals surface area contributed by atoms with Crippen molar-refractivity contribution in [1.29, 1.82) is 0 Å². The summed E-state index contributed by atoms with van der Waals surface area (Å²) >= 11 is 0. The summed E-state index contributed by atoms with van der Waals surface area (Å²) in [5.74, 6) is -7.19. The summed E-state index contributed by atoms with van der Waals surface area (Å²) in [5, 5.41) is 13.4. The van der Waals surface area contributed by atoms with E-state index in [1.54, 1.807) is 123 Å². The van der Waals surface area contributed by atoms with E-state index < -0.39 is 120 Å². The Hall–Kier alpha value is -7.11. The number of esters is 4. The van der Waals surface area contributed by atoms with Crippen LogP contribution in [0, 0.1) is 12.8 Å². The molecule has 410 valence electrons. The average Bonchev–Trinajstić information content (AvgIpc) is 3.29. The van der Waals surface area contributed by atoms with Crippen LogP contribution in [0.2, 0.25) is 0 Å². The van der Waals surface area contributed by atoms with Crippen molar-refractivity contribution in [3.8, 4) is 0 Å². The van der Waals surface area contributed by atoms with E-state index in [9.17, 15) is 43.2 Å². The smallest absolute Gasteiger partial charge is 0.328 e. The van der Waals surface area contributed by atoms with E-state index in [0.29, 0.717) is 11.1 Å². The Morgan fingerprint density at radius 2 is 0.907 bits per heavy atom. The molecule has 5 N–H and O–H groups in total. The highest BCUT2D eigenvalue weighted by atomic mass is 16.6. The van der Waals surface area contributed by atoms with Gasteiger partial charge in [0.15, 0.2) is 0 Å². The van der Waals surface area contributed by atoms with Gasteiger partial charge < -0.3 is 45.5 Å². The van der Waals surface area contributed by atoms with Crippen LogP contribution in [0.3, 0.4) is 0 Å². The van der Waals surface area contributed by atoms with Crippen molar-refractivity contribution in [1.82, 2.24) is 26.6 Å². The highest BCUT2D eigenvalue weighted by Gasteiger charge is 2.35. The first-order valence-corrected chi connectivity index (χ1v) is 25.4. The van der Waals surface area contributed by atoms with Crippen LogP contribution in [0.25, 0.3) is 0 Å². The number of rotatable bonds is 26. The molecule has 0 saturated heterocycles. The third kappa shape index (κ3) is 25.1. The first kappa shape index (κ1) is 62.2. The predicted molar refractivity (Wildman–Crippen MR) is 281 cm³/mol. The van der Waals surface area contributed by atoms with Crippen LogP contribution >= 0.6 is 0 Å². The third-order valence-corrected chi connectivity index (χ3v) is 10.9. The Kier molecular flexibility index (Phi) is 24.1. The van der Waals surface area contributed by atoms with Gasteiger partial charge in [-0.2, -0.15) is 0 Å². The van der Waals surface area contributed by atoms with Gasteiger partial charge in [0.2, 0.25) is 29.5 Å². The number of benzene rings is 3. The molecule has 0 spiro atoms. The minimum atomic E-state index is -1.64. The highest BCUT2D eigenvalue weighted by Crippen LogP contribution is 2.17. The van der Waals surface area contributed by atoms with E-state index in [2.05, 4.69) is 26.6 Å². The largest absolute Gasteiger partial charge is 0.460 e. The molecule has 0 aromatic heterocycles. The van der Waals surface area contributed by atoms with Crippen LogP contribution in [0.1, 0.15) is 137 Å². The van der Waals surface area contributed by atoms with Gasteiger partial charge in [0, 0.05) is 25.7 Å². The molecule has 0 saturated carbocycles. The van der Waals surface area contributed by atoms with Gasteiger partial charge >= 0.3 is 23.9 Å². The number of aryl methyl sites for hydroxylation is 1. The summed E-state index contributed by atoms with van der Waals surface area (Å²) in [6, 6.07) is 18.1. The second-order valence-electron chi connectivity index (χ2n) is 21.9. The molecule has 3 aromatic carbocycles. The molecule has 0 radical (unpaired) electrons. The second kappa shape index (κ2) is 29.1. The zero-order valence-corrected chi connectivity index (χ0v) is 45.7. The van der Waals surface area contributed by atoms with E-state index in [1.165, 1.54) is 0 Å². The summed E-state index contributed by atoms with van der Waals surface area (Å²) in [6.07, 6.45) is -2.10. The SMILES string of the molecule is Cc1ccccc1C[C@H](NC(=O)[C@H](CCC(=O)OC(C)(C)C)NC(=O)[C@H](CC(=O)OC(C)(C)C)NC(=O)CCC(=O)OC(C)(C)C)C(=O)N[C@@H](Cc1ccccc1)C(=O)N[C@@H](CC(C)C)C(=O)OCc1ccccc1. The lowest BCUT2D eigenvalue weighted by Crippen LogP contribution is -2.60. The minimum absolute atomic E-state index is 0.0198. The van der Waals surface area contributed by atoms with Crippen LogP contribution in [-0.2, 0) is 81.5 Å². The number of hydrogen-bond acceptors (Lipinski definition) is 13. The van der Waals surface area contributed by atoms with Gasteiger partial charge in [-0.1, -0.05) is 98.8 Å². The monoisotopic (exact) mass is 1040 g/mol. The molecule has 0 aliphatic rings. The molecule has 3 aromatic rings. The van der Waals surface area contributed by atoms with Crippen LogP contribution in [0.4, 0.5) is 0 Å². The summed E-state index contributed by atoms with van der Waals surface area (Å²) < 4.78 is 21.9. The van der Waals surface area contributed by atoms with Crippen LogP contribution in [-0.4, -0.2) is 100 Å². The zero-order valence-electron chi connectivity index (χ0n) is 45.7. The molecule has 0 aliphatic carbocycles. The number of ether oxygens (including phenoxy) is 4. The molecular formula is C57H79N5O13. The van der Waals surface area contributed by atoms with Crippen molar-refractivity contribution in [2.24, 2.45) is 5.92 Å². The highest BCUT2D eigenvalue weighted by molar-refractivity contribution is 5.97. The number of amides is 5. The Bertz CT molecular complexity index is 2410. The first-order valence-electron chi connectivity index (χ1n) is 25.4. The van der Waals surface area contributed by atoms with E-state index in [-0.39, 0.29) is 44.6 Å². The molecule has 18 nitrogen and oxygen atoms in total. The zero-order chi connectivity index (χ0) is 56.1. The van der Waals surface area contributed by atoms with Gasteiger partial charge in [0.1, 0.15) is 53.6 Å². The minimum Gasteiger partial charge on any atom is -0.460 e. The van der Waals surface area contributed by atoms with Gasteiger partial charge in [0.25, 0.3) is 0 Å². The van der Waals surface area contributed by atoms with Gasteiger partial charge in [-0.25, -0.2) is 4.79 Å². The molecule has 0 aliphatic heterocycles. The second-order valence-corrected chi connectivity index (χ2v) is 21.9. The molecule has 5 amide bonds. The first-order chi connectivity index (χ1) is 35.0. The topological polar surface area (TPSA) is 251 Å². The van der Waals surface area contributed by atoms with Crippen molar-refractivity contribution < 1.29 is 62.1 Å². The molecule has 0 bridgehead atoms. The van der Waals surface area contributed by atoms with Crippen molar-refractivity contribution in [3.05, 3.63) is 107 Å². The van der Waals surface area contributed by atoms with Gasteiger partial charge in [0.05, 0.1) is 12.8 Å². The van der Waals surface area contributed by atoms with Gasteiger partial charge in [-0.15, -0.1) is 0 Å². The van der Waals surface area contributed by atoms with E-state index >= 15 is 0 Å². The van der Waals surface area contributed by atoms with Crippen molar-refractivity contribution in [2.75, 3.05) is 0 Å². The maximum atomic E-state index is 14.8. The quantitative estimate of drug-likeness (QED) is 0.0460. The van der Waals surface area contributed by atoms with Crippen LogP contribution < -0.4 is 26.6 Å². The molecule has 75 heavy (non-hydrogen) atoms. The molecule has 0 heterocycles. The lowest BCUT2D eigenvalue weighted by Gasteiger charge is -2.28. The van der Waals surface area contributed by atoms with Crippen molar-refractivity contribution >= 4 is 53.4 Å². The summed E-state index contributed by atoms with van der Waals surface area (Å²) in [7, 11) is 0. The predicted octanol–water partition coefficient (Wildman–Crippen LogP) is 5.97. The lowest BCUT2D eigenvalue weighted by molar-refractivity contribution is -0.158. The fourth-order valence-corrected chi connectivity index (χ4v) is 7.49. The standard InChI is InChI=1S/C57H79N5O13/c1-36(2)31-45(54(71)72-35-39-24-17-14-18-25-39)62-51(68)42(32-38-22-15-13-16-23-38)60-52(69)43(33-40-26-20-19-21-37(40)3)61-50(67)41(27-29-47(64)73-55(4,5)6)59-53(70)44(34-49(66)75-57(10,11)12)58-46(63)28-30-48(65)74-56(7,8)9/h13-26,36,41-45H,27-35H2,1-12H3,(H,58,63)(H,59,70)(H,60,69)(H,61,67)(H,62,68)/t41-,42-,43-,44-,45-/m0/s1. The van der Waals surface area contributed by atoms with E-state index in [1.807, 2.05) is 45.0 Å². The maximum absolute atomic E-state index is 14.8. The Morgan fingerprint density at radius 3 is 1.44 bits per heavy atom. The summed E-state index contributed by atoms with van der Waals surface area (Å²) in [4.78, 5) is 124. The fourth-order valence-electron chi connectivity index (χ4n) is 7.49. The van der Waals surface area contributed by atoms with E-state index in [0.717, 1.165) is 11.1 Å². The number of carbonyl (C=O) groups is 9. The lowest BCUT2D eigenvalue weighted by atomic mass is 9.98. The van der Waals surface area contributed by atoms with Gasteiger partial charge in [-0.3, -0.25) is 38.4 Å². The average molecular weight is 1040 g/mol. The van der Waals surface area contributed by atoms with Crippen molar-refractivity contribution in [2.45, 2.75) is 188 Å². The number of nitrogens with one attached hydrogen (secondary N) is 5. The normalized spacial score (nSPS) is 13.6. The summed E-state index contributed by atoms with van der Waals surface area (Å²) in [5.41, 5.74) is 0.145. The molecule has 18 heteroatoms. The molecular weight excluding hydrogens is 963 g/mol.